The minimum atomic E-state index is -4.42. The van der Waals surface area contributed by atoms with Crippen LogP contribution in [0.15, 0.2) is 48.5 Å². The summed E-state index contributed by atoms with van der Waals surface area (Å²) in [4.78, 5) is 23.5. The van der Waals surface area contributed by atoms with Crippen LogP contribution in [0, 0.1) is 0 Å². The van der Waals surface area contributed by atoms with Gasteiger partial charge in [-0.3, -0.25) is 4.79 Å². The van der Waals surface area contributed by atoms with Crippen LogP contribution in [0.3, 0.4) is 0 Å². The van der Waals surface area contributed by atoms with Crippen molar-refractivity contribution in [1.29, 1.82) is 0 Å². The Morgan fingerprint density at radius 3 is 2.50 bits per heavy atom. The molecule has 0 unspecified atom stereocenters. The first-order valence-corrected chi connectivity index (χ1v) is 8.03. The topological polar surface area (TPSA) is 73.9 Å². The average Bonchev–Trinajstić information content (AvgIpc) is 3.12. The van der Waals surface area contributed by atoms with Crippen molar-refractivity contribution in [2.24, 2.45) is 0 Å². The van der Waals surface area contributed by atoms with Crippen molar-refractivity contribution < 1.29 is 37.0 Å². The molecule has 0 saturated heterocycles. The molecular weight excluding hydrogens is 379 g/mol. The normalized spacial score (nSPS) is 12.8. The van der Waals surface area contributed by atoms with Crippen molar-refractivity contribution in [1.82, 2.24) is 0 Å². The summed E-state index contributed by atoms with van der Waals surface area (Å²) in [6, 6.07) is 9.08. The van der Waals surface area contributed by atoms with E-state index in [-0.39, 0.29) is 6.79 Å². The van der Waals surface area contributed by atoms with E-state index in [2.05, 4.69) is 5.32 Å². The van der Waals surface area contributed by atoms with Gasteiger partial charge in [0.05, 0.1) is 5.56 Å². The number of benzene rings is 2. The highest BCUT2D eigenvalue weighted by atomic mass is 19.4. The molecule has 28 heavy (non-hydrogen) atoms. The van der Waals surface area contributed by atoms with Gasteiger partial charge in [0.15, 0.2) is 18.1 Å². The minimum absolute atomic E-state index is 0.107. The smallest absolute Gasteiger partial charge is 0.416 e. The summed E-state index contributed by atoms with van der Waals surface area (Å²) in [5.41, 5.74) is 0.0489. The molecule has 1 amide bonds. The van der Waals surface area contributed by atoms with Crippen LogP contribution in [-0.4, -0.2) is 25.3 Å². The third-order valence-corrected chi connectivity index (χ3v) is 3.65. The number of alkyl halides is 3. The molecule has 1 N–H and O–H groups in total. The Balaban J connectivity index is 1.47. The lowest BCUT2D eigenvalue weighted by Crippen LogP contribution is -2.20. The summed E-state index contributed by atoms with van der Waals surface area (Å²) >= 11 is 0. The Labute approximate surface area is 157 Å². The first-order valence-electron chi connectivity index (χ1n) is 8.03. The van der Waals surface area contributed by atoms with Crippen molar-refractivity contribution in [2.75, 3.05) is 18.7 Å². The number of hydrogen-bond acceptors (Lipinski definition) is 5. The molecule has 0 radical (unpaired) electrons. The number of carbonyl (C=O) groups excluding carboxylic acids is 2. The number of hydrogen-bond donors (Lipinski definition) is 1. The zero-order valence-corrected chi connectivity index (χ0v) is 14.3. The fraction of sp³-hybridized carbons (Fsp3) is 0.158. The van der Waals surface area contributed by atoms with Crippen molar-refractivity contribution in [3.63, 3.8) is 0 Å². The SMILES string of the molecule is O=C(COC(=O)/C=C/c1ccc(C(F)(F)F)cc1)Nc1ccc2c(c1)OCO2. The number of carbonyl (C=O) groups is 2. The molecule has 1 aliphatic heterocycles. The molecule has 2 aromatic carbocycles. The quantitative estimate of drug-likeness (QED) is 0.620. The molecule has 0 aromatic heterocycles. The largest absolute Gasteiger partial charge is 0.454 e. The minimum Gasteiger partial charge on any atom is -0.454 e. The first kappa shape index (κ1) is 19.3. The molecule has 0 fully saturated rings. The lowest BCUT2D eigenvalue weighted by Gasteiger charge is -2.06. The van der Waals surface area contributed by atoms with E-state index in [9.17, 15) is 22.8 Å². The van der Waals surface area contributed by atoms with Gasteiger partial charge in [0.1, 0.15) is 0 Å². The van der Waals surface area contributed by atoms with Crippen LogP contribution < -0.4 is 14.8 Å². The predicted octanol–water partition coefficient (Wildman–Crippen LogP) is 3.63. The predicted molar refractivity (Wildman–Crippen MR) is 92.6 cm³/mol. The van der Waals surface area contributed by atoms with E-state index in [0.717, 1.165) is 18.2 Å². The van der Waals surface area contributed by atoms with Gasteiger partial charge in [0, 0.05) is 17.8 Å². The molecule has 1 heterocycles. The highest BCUT2D eigenvalue weighted by molar-refractivity contribution is 5.94. The summed E-state index contributed by atoms with van der Waals surface area (Å²) in [5.74, 6) is -0.303. The zero-order valence-electron chi connectivity index (χ0n) is 14.3. The van der Waals surface area contributed by atoms with Crippen LogP contribution in [0.4, 0.5) is 18.9 Å². The fourth-order valence-corrected chi connectivity index (χ4v) is 2.30. The molecule has 6 nitrogen and oxygen atoms in total. The molecular formula is C19H14F3NO5. The van der Waals surface area contributed by atoms with Gasteiger partial charge in [-0.1, -0.05) is 12.1 Å². The maximum absolute atomic E-state index is 12.5. The van der Waals surface area contributed by atoms with Gasteiger partial charge in [-0.25, -0.2) is 4.79 Å². The van der Waals surface area contributed by atoms with Crippen molar-refractivity contribution in [3.8, 4) is 11.5 Å². The molecule has 2 aromatic rings. The van der Waals surface area contributed by atoms with Crippen LogP contribution >= 0.6 is 0 Å². The molecule has 0 spiro atoms. The average molecular weight is 393 g/mol. The van der Waals surface area contributed by atoms with Gasteiger partial charge >= 0.3 is 12.1 Å². The van der Waals surface area contributed by atoms with E-state index in [0.29, 0.717) is 22.7 Å². The lowest BCUT2D eigenvalue weighted by atomic mass is 10.1. The molecule has 9 heteroatoms. The Hall–Kier alpha value is -3.49. The third-order valence-electron chi connectivity index (χ3n) is 3.65. The Morgan fingerprint density at radius 2 is 1.79 bits per heavy atom. The lowest BCUT2D eigenvalue weighted by molar-refractivity contribution is -0.142. The maximum Gasteiger partial charge on any atom is 0.416 e. The van der Waals surface area contributed by atoms with Crippen molar-refractivity contribution >= 4 is 23.6 Å². The van der Waals surface area contributed by atoms with Gasteiger partial charge in [-0.2, -0.15) is 13.2 Å². The zero-order chi connectivity index (χ0) is 20.1. The maximum atomic E-state index is 12.5. The van der Waals surface area contributed by atoms with Gasteiger partial charge in [0.25, 0.3) is 5.91 Å². The van der Waals surface area contributed by atoms with Crippen molar-refractivity contribution in [2.45, 2.75) is 6.18 Å². The number of esters is 1. The van der Waals surface area contributed by atoms with E-state index in [1.54, 1.807) is 18.2 Å². The first-order chi connectivity index (χ1) is 13.3. The third kappa shape index (κ3) is 5.03. The molecule has 0 bridgehead atoms. The summed E-state index contributed by atoms with van der Waals surface area (Å²) in [5, 5.41) is 2.54. The van der Waals surface area contributed by atoms with Crippen LogP contribution in [0.1, 0.15) is 11.1 Å². The Bertz CT molecular complexity index is 907. The molecule has 3 rings (SSSR count). The number of amides is 1. The van der Waals surface area contributed by atoms with Gasteiger partial charge in [0.2, 0.25) is 6.79 Å². The standard InChI is InChI=1S/C19H14F3NO5/c20-19(21,22)13-4-1-12(2-5-13)3-8-18(25)26-10-17(24)23-14-6-7-15-16(9-14)28-11-27-15/h1-9H,10-11H2,(H,23,24)/b8-3+. The summed E-state index contributed by atoms with van der Waals surface area (Å²) in [7, 11) is 0. The summed E-state index contributed by atoms with van der Waals surface area (Å²) < 4.78 is 52.6. The van der Waals surface area contributed by atoms with E-state index in [1.807, 2.05) is 0 Å². The monoisotopic (exact) mass is 393 g/mol. The van der Waals surface area contributed by atoms with Crippen LogP contribution in [0.2, 0.25) is 0 Å². The second-order valence-electron chi connectivity index (χ2n) is 5.68. The summed E-state index contributed by atoms with van der Waals surface area (Å²) in [6.07, 6.45) is -2.11. The van der Waals surface area contributed by atoms with Crippen LogP contribution in [-0.2, 0) is 20.5 Å². The molecule has 0 saturated carbocycles. The number of anilines is 1. The number of halogens is 3. The van der Waals surface area contributed by atoms with Crippen molar-refractivity contribution in [3.05, 3.63) is 59.7 Å². The highest BCUT2D eigenvalue weighted by Crippen LogP contribution is 2.34. The number of fused-ring (bicyclic) bond motifs is 1. The van der Waals surface area contributed by atoms with Gasteiger partial charge < -0.3 is 19.5 Å². The molecule has 1 aliphatic rings. The van der Waals surface area contributed by atoms with E-state index in [1.165, 1.54) is 18.2 Å². The number of ether oxygens (including phenoxy) is 3. The fourth-order valence-electron chi connectivity index (χ4n) is 2.30. The van der Waals surface area contributed by atoms with Gasteiger partial charge in [-0.05, 0) is 35.9 Å². The number of nitrogens with one attached hydrogen (secondary N) is 1. The number of rotatable bonds is 5. The van der Waals surface area contributed by atoms with E-state index < -0.39 is 30.2 Å². The van der Waals surface area contributed by atoms with E-state index >= 15 is 0 Å². The van der Waals surface area contributed by atoms with Crippen LogP contribution in [0.5, 0.6) is 11.5 Å². The Morgan fingerprint density at radius 1 is 1.07 bits per heavy atom. The molecule has 0 atom stereocenters. The second kappa shape index (κ2) is 8.03. The summed E-state index contributed by atoms with van der Waals surface area (Å²) in [6.45, 7) is -0.416. The second-order valence-corrected chi connectivity index (χ2v) is 5.68. The Kier molecular flexibility index (Phi) is 5.53. The molecule has 146 valence electrons. The highest BCUT2D eigenvalue weighted by Gasteiger charge is 2.29. The molecule has 0 aliphatic carbocycles. The van der Waals surface area contributed by atoms with Gasteiger partial charge in [-0.15, -0.1) is 0 Å². The van der Waals surface area contributed by atoms with E-state index in [4.69, 9.17) is 14.2 Å². The van der Waals surface area contributed by atoms with Crippen LogP contribution in [0.25, 0.3) is 6.08 Å².